The average molecular weight is 435 g/mol. The molecule has 0 bridgehead atoms. The van der Waals surface area contributed by atoms with Crippen molar-refractivity contribution in [3.8, 4) is 0 Å². The van der Waals surface area contributed by atoms with Gasteiger partial charge in [0.2, 0.25) is 6.29 Å². The van der Waals surface area contributed by atoms with Crippen molar-refractivity contribution in [3.63, 3.8) is 0 Å². The van der Waals surface area contributed by atoms with Crippen LogP contribution in [-0.2, 0) is 33.3 Å². The molecule has 0 radical (unpaired) electrons. The Kier molecular flexibility index (Phi) is 4.94. The summed E-state index contributed by atoms with van der Waals surface area (Å²) in [5.74, 6) is 0.0539. The summed E-state index contributed by atoms with van der Waals surface area (Å²) in [6, 6.07) is 0. The molecule has 2 aliphatic carbocycles. The van der Waals surface area contributed by atoms with Gasteiger partial charge in [-0.2, -0.15) is 0 Å². The molecule has 0 N–H and O–H groups in total. The lowest BCUT2D eigenvalue weighted by molar-refractivity contribution is -0.253. The maximum atomic E-state index is 12.1. The van der Waals surface area contributed by atoms with Gasteiger partial charge in [-0.05, 0) is 43.6 Å². The second-order valence-corrected chi connectivity index (χ2v) is 10.5. The van der Waals surface area contributed by atoms with E-state index in [4.69, 9.17) is 23.7 Å². The van der Waals surface area contributed by atoms with Gasteiger partial charge in [0.15, 0.2) is 0 Å². The van der Waals surface area contributed by atoms with Gasteiger partial charge in [0, 0.05) is 25.2 Å². The number of hydrogen-bond donors (Lipinski definition) is 0. The van der Waals surface area contributed by atoms with Crippen molar-refractivity contribution in [2.75, 3.05) is 13.2 Å². The molecular weight excluding hydrogens is 400 g/mol. The summed E-state index contributed by atoms with van der Waals surface area (Å²) in [5.41, 5.74) is -1.16. The normalized spacial score (nSPS) is 49.8. The Morgan fingerprint density at radius 1 is 1.19 bits per heavy atom. The van der Waals surface area contributed by atoms with E-state index in [9.17, 15) is 9.59 Å². The highest BCUT2D eigenvalue weighted by molar-refractivity contribution is 5.67. The van der Waals surface area contributed by atoms with Gasteiger partial charge < -0.3 is 23.7 Å². The molecule has 2 saturated carbocycles. The topological polar surface area (TPSA) is 83.6 Å². The fraction of sp³-hybridized carbons (Fsp3) is 0.833. The minimum absolute atomic E-state index is 0.0244. The van der Waals surface area contributed by atoms with E-state index < -0.39 is 11.0 Å². The van der Waals surface area contributed by atoms with Crippen molar-refractivity contribution in [1.82, 2.24) is 0 Å². The number of carbonyl (C=O) groups excluding carboxylic acids is 2. The van der Waals surface area contributed by atoms with Crippen LogP contribution in [0, 0.1) is 28.6 Å². The third-order valence-electron chi connectivity index (χ3n) is 9.18. The Balaban J connectivity index is 1.58. The summed E-state index contributed by atoms with van der Waals surface area (Å²) in [4.78, 5) is 24.0. The molecule has 0 aromatic heterocycles. The van der Waals surface area contributed by atoms with E-state index in [1.807, 2.05) is 0 Å². The molecular formula is C24H34O7. The monoisotopic (exact) mass is 434 g/mol. The summed E-state index contributed by atoms with van der Waals surface area (Å²) < 4.78 is 30.0. The highest BCUT2D eigenvalue weighted by Crippen LogP contribution is 2.70. The quantitative estimate of drug-likeness (QED) is 0.496. The van der Waals surface area contributed by atoms with Crippen LogP contribution in [0.25, 0.3) is 0 Å². The number of fused-ring (bicyclic) bond motifs is 3. The third kappa shape index (κ3) is 2.99. The molecule has 2 saturated heterocycles. The van der Waals surface area contributed by atoms with Crippen molar-refractivity contribution in [2.45, 2.75) is 83.9 Å². The van der Waals surface area contributed by atoms with Gasteiger partial charge in [0.05, 0.1) is 24.4 Å². The van der Waals surface area contributed by atoms with Crippen LogP contribution in [0.5, 0.6) is 0 Å². The van der Waals surface area contributed by atoms with Gasteiger partial charge in [-0.1, -0.05) is 20.3 Å². The number of carbonyl (C=O) groups is 2. The van der Waals surface area contributed by atoms with Crippen LogP contribution in [-0.4, -0.2) is 49.3 Å². The lowest BCUT2D eigenvalue weighted by Gasteiger charge is -2.64. The number of hydrogen-bond acceptors (Lipinski definition) is 7. The predicted molar refractivity (Wildman–Crippen MR) is 110 cm³/mol. The summed E-state index contributed by atoms with van der Waals surface area (Å²) in [7, 11) is 0. The first-order valence-corrected chi connectivity index (χ1v) is 11.6. The Bertz CT molecular complexity index is 789. The fourth-order valence-electron chi connectivity index (χ4n) is 7.46. The van der Waals surface area contributed by atoms with E-state index >= 15 is 0 Å². The van der Waals surface area contributed by atoms with Gasteiger partial charge in [0.25, 0.3) is 0 Å². The number of rotatable bonds is 4. The van der Waals surface area contributed by atoms with Crippen molar-refractivity contribution >= 4 is 11.9 Å². The Morgan fingerprint density at radius 3 is 2.61 bits per heavy atom. The van der Waals surface area contributed by atoms with Crippen molar-refractivity contribution in [2.24, 2.45) is 28.6 Å². The predicted octanol–water partition coefficient (Wildman–Crippen LogP) is 3.36. The van der Waals surface area contributed by atoms with E-state index in [0.717, 1.165) is 25.7 Å². The molecule has 9 atom stereocenters. The van der Waals surface area contributed by atoms with Crippen molar-refractivity contribution < 1.29 is 33.3 Å². The molecule has 3 aliphatic heterocycles. The molecule has 0 aromatic rings. The van der Waals surface area contributed by atoms with E-state index in [1.54, 1.807) is 6.26 Å². The first-order valence-electron chi connectivity index (χ1n) is 11.6. The SMILES string of the molecule is CC(=O)OC[C@@]12[C@@H](OC(C)=O)C[C@@H](C)[C@](C)([C@@H]3C[C@H]4C=CO[C@@H]4O3)[C@H]1CCC[C@]21CO1. The molecule has 1 spiro atoms. The second-order valence-electron chi connectivity index (χ2n) is 10.5. The number of esters is 2. The van der Waals surface area contributed by atoms with Gasteiger partial charge in [-0.15, -0.1) is 0 Å². The lowest BCUT2D eigenvalue weighted by atomic mass is 9.42. The summed E-state index contributed by atoms with van der Waals surface area (Å²) >= 11 is 0. The largest absolute Gasteiger partial charge is 0.472 e. The van der Waals surface area contributed by atoms with E-state index in [2.05, 4.69) is 19.9 Å². The van der Waals surface area contributed by atoms with Crippen LogP contribution in [0.3, 0.4) is 0 Å². The molecule has 172 valence electrons. The van der Waals surface area contributed by atoms with Crippen molar-refractivity contribution in [1.29, 1.82) is 0 Å². The van der Waals surface area contributed by atoms with Crippen molar-refractivity contribution in [3.05, 3.63) is 12.3 Å². The fourth-order valence-corrected chi connectivity index (χ4v) is 7.46. The molecule has 7 nitrogen and oxygen atoms in total. The van der Waals surface area contributed by atoms with E-state index in [0.29, 0.717) is 13.0 Å². The molecule has 0 aromatic carbocycles. The maximum absolute atomic E-state index is 12.1. The first-order chi connectivity index (χ1) is 14.7. The molecule has 0 amide bonds. The summed E-state index contributed by atoms with van der Waals surface area (Å²) in [6.07, 6.45) is 7.82. The third-order valence-corrected chi connectivity index (χ3v) is 9.18. The van der Waals surface area contributed by atoms with Gasteiger partial charge in [-0.3, -0.25) is 9.59 Å². The van der Waals surface area contributed by atoms with Gasteiger partial charge in [-0.25, -0.2) is 0 Å². The van der Waals surface area contributed by atoms with Crippen LogP contribution < -0.4 is 0 Å². The average Bonchev–Trinajstić information content (AvgIpc) is 3.15. The first kappa shape index (κ1) is 21.3. The summed E-state index contributed by atoms with van der Waals surface area (Å²) in [6.45, 7) is 8.30. The maximum Gasteiger partial charge on any atom is 0.302 e. The highest BCUT2D eigenvalue weighted by atomic mass is 16.7. The summed E-state index contributed by atoms with van der Waals surface area (Å²) in [5, 5.41) is 0. The smallest absolute Gasteiger partial charge is 0.302 e. The lowest BCUT2D eigenvalue weighted by Crippen LogP contribution is -2.69. The van der Waals surface area contributed by atoms with E-state index in [-0.39, 0.29) is 60.2 Å². The molecule has 7 heteroatoms. The number of ether oxygens (including phenoxy) is 5. The minimum Gasteiger partial charge on any atom is -0.472 e. The molecule has 5 rings (SSSR count). The van der Waals surface area contributed by atoms with Crippen LogP contribution in [0.4, 0.5) is 0 Å². The van der Waals surface area contributed by atoms with Crippen LogP contribution in [0.15, 0.2) is 12.3 Å². The minimum atomic E-state index is -0.568. The highest BCUT2D eigenvalue weighted by Gasteiger charge is 2.76. The molecule has 4 fully saturated rings. The molecule has 0 unspecified atom stereocenters. The zero-order chi connectivity index (χ0) is 22.0. The Hall–Kier alpha value is -1.60. The second kappa shape index (κ2) is 7.20. The molecule has 3 heterocycles. The number of epoxide rings is 1. The zero-order valence-electron chi connectivity index (χ0n) is 18.9. The zero-order valence-corrected chi connectivity index (χ0v) is 18.9. The Morgan fingerprint density at radius 2 is 1.97 bits per heavy atom. The van der Waals surface area contributed by atoms with Crippen LogP contribution >= 0.6 is 0 Å². The van der Waals surface area contributed by atoms with Gasteiger partial charge in [0.1, 0.15) is 18.3 Å². The van der Waals surface area contributed by atoms with Gasteiger partial charge >= 0.3 is 11.9 Å². The van der Waals surface area contributed by atoms with Crippen LogP contribution in [0.2, 0.25) is 0 Å². The van der Waals surface area contributed by atoms with Crippen LogP contribution in [0.1, 0.15) is 59.8 Å². The Labute approximate surface area is 183 Å². The van der Waals surface area contributed by atoms with E-state index in [1.165, 1.54) is 13.8 Å². The molecule has 5 aliphatic rings. The standard InChI is InChI=1S/C24H34O7/c1-14-10-20(30-16(3)26)24(13-28-15(2)25)18(6-5-8-23(24)12-29-23)22(14,4)19-11-17-7-9-27-21(17)31-19/h7,9,14,17-21H,5-6,8,10-13H2,1-4H3/t14-,17-,18-,19+,20+,21-,22+,23+,24+/m1/s1. The molecule has 31 heavy (non-hydrogen) atoms.